The van der Waals surface area contributed by atoms with E-state index >= 15 is 0 Å². The van der Waals surface area contributed by atoms with E-state index in [0.717, 1.165) is 24.8 Å². The molecule has 1 N–H and O–H groups in total. The summed E-state index contributed by atoms with van der Waals surface area (Å²) >= 11 is 0. The molecule has 1 fully saturated rings. The standard InChI is InChI=1S/C14H20FNO/c1-10-6-7-14(17-10)13(16-2)9-11-4-3-5-12(15)8-11/h3-5,8,10,13-14,16H,6-7,9H2,1-2H3. The lowest BCUT2D eigenvalue weighted by atomic mass is 9.99. The topological polar surface area (TPSA) is 21.3 Å². The van der Waals surface area contributed by atoms with Crippen LogP contribution in [0.5, 0.6) is 0 Å². The molecule has 2 rings (SSSR count). The molecule has 94 valence electrons. The number of halogens is 1. The van der Waals surface area contributed by atoms with Gasteiger partial charge in [0.1, 0.15) is 5.82 Å². The van der Waals surface area contributed by atoms with Crippen LogP contribution < -0.4 is 5.32 Å². The molecular formula is C14H20FNO. The molecule has 1 saturated heterocycles. The van der Waals surface area contributed by atoms with E-state index in [1.54, 1.807) is 12.1 Å². The molecule has 2 nitrogen and oxygen atoms in total. The summed E-state index contributed by atoms with van der Waals surface area (Å²) in [5, 5.41) is 3.29. The summed E-state index contributed by atoms with van der Waals surface area (Å²) in [6, 6.07) is 7.07. The maximum absolute atomic E-state index is 13.1. The highest BCUT2D eigenvalue weighted by Crippen LogP contribution is 2.23. The van der Waals surface area contributed by atoms with Crippen LogP contribution in [0.4, 0.5) is 4.39 Å². The van der Waals surface area contributed by atoms with Crippen molar-refractivity contribution in [3.63, 3.8) is 0 Å². The minimum absolute atomic E-state index is 0.168. The molecule has 17 heavy (non-hydrogen) atoms. The summed E-state index contributed by atoms with van der Waals surface area (Å²) in [6.07, 6.45) is 3.61. The normalized spacial score (nSPS) is 26.1. The summed E-state index contributed by atoms with van der Waals surface area (Å²) in [5.41, 5.74) is 1.02. The van der Waals surface area contributed by atoms with E-state index < -0.39 is 0 Å². The maximum Gasteiger partial charge on any atom is 0.123 e. The van der Waals surface area contributed by atoms with Gasteiger partial charge in [-0.05, 0) is 50.9 Å². The van der Waals surface area contributed by atoms with E-state index in [-0.39, 0.29) is 18.0 Å². The van der Waals surface area contributed by atoms with Crippen LogP contribution in [0.25, 0.3) is 0 Å². The van der Waals surface area contributed by atoms with Crippen molar-refractivity contribution < 1.29 is 9.13 Å². The largest absolute Gasteiger partial charge is 0.374 e. The van der Waals surface area contributed by atoms with Crippen molar-refractivity contribution in [3.8, 4) is 0 Å². The third kappa shape index (κ3) is 3.27. The molecular weight excluding hydrogens is 217 g/mol. The number of likely N-dealkylation sites (N-methyl/N-ethyl adjacent to an activating group) is 1. The third-order valence-electron chi connectivity index (χ3n) is 3.43. The van der Waals surface area contributed by atoms with Gasteiger partial charge in [0.15, 0.2) is 0 Å². The molecule has 1 aliphatic rings. The predicted octanol–water partition coefficient (Wildman–Crippen LogP) is 2.52. The lowest BCUT2D eigenvalue weighted by Gasteiger charge is -2.23. The summed E-state index contributed by atoms with van der Waals surface area (Å²) < 4.78 is 19.0. The van der Waals surface area contributed by atoms with Crippen LogP contribution in [-0.2, 0) is 11.2 Å². The first-order chi connectivity index (χ1) is 8.19. The van der Waals surface area contributed by atoms with Crippen molar-refractivity contribution in [3.05, 3.63) is 35.6 Å². The highest BCUT2D eigenvalue weighted by atomic mass is 19.1. The molecule has 3 heteroatoms. The van der Waals surface area contributed by atoms with Gasteiger partial charge in [0.2, 0.25) is 0 Å². The van der Waals surface area contributed by atoms with Crippen molar-refractivity contribution >= 4 is 0 Å². The van der Waals surface area contributed by atoms with Gasteiger partial charge in [-0.3, -0.25) is 0 Å². The SMILES string of the molecule is CNC(Cc1cccc(F)c1)C1CCC(C)O1. The zero-order valence-corrected chi connectivity index (χ0v) is 10.4. The minimum Gasteiger partial charge on any atom is -0.374 e. The Hall–Kier alpha value is -0.930. The van der Waals surface area contributed by atoms with Crippen molar-refractivity contribution in [2.75, 3.05) is 7.05 Å². The highest BCUT2D eigenvalue weighted by Gasteiger charge is 2.28. The quantitative estimate of drug-likeness (QED) is 0.869. The fourth-order valence-corrected chi connectivity index (χ4v) is 2.47. The van der Waals surface area contributed by atoms with Crippen LogP contribution >= 0.6 is 0 Å². The number of rotatable bonds is 4. The summed E-state index contributed by atoms with van der Waals surface area (Å²) in [4.78, 5) is 0. The lowest BCUT2D eigenvalue weighted by molar-refractivity contribution is 0.0337. The van der Waals surface area contributed by atoms with E-state index in [0.29, 0.717) is 6.10 Å². The van der Waals surface area contributed by atoms with Gasteiger partial charge in [-0.2, -0.15) is 0 Å². The number of hydrogen-bond donors (Lipinski definition) is 1. The van der Waals surface area contributed by atoms with Gasteiger partial charge in [-0.25, -0.2) is 4.39 Å². The number of nitrogens with one attached hydrogen (secondary N) is 1. The molecule has 0 spiro atoms. The lowest BCUT2D eigenvalue weighted by Crippen LogP contribution is -2.39. The van der Waals surface area contributed by atoms with Crippen LogP contribution in [0.3, 0.4) is 0 Å². The van der Waals surface area contributed by atoms with E-state index in [1.165, 1.54) is 6.07 Å². The Labute approximate surface area is 102 Å². The molecule has 3 unspecified atom stereocenters. The molecule has 0 amide bonds. The number of hydrogen-bond acceptors (Lipinski definition) is 2. The van der Waals surface area contributed by atoms with E-state index in [1.807, 2.05) is 13.1 Å². The van der Waals surface area contributed by atoms with Gasteiger partial charge in [-0.15, -0.1) is 0 Å². The van der Waals surface area contributed by atoms with Gasteiger partial charge in [-0.1, -0.05) is 12.1 Å². The van der Waals surface area contributed by atoms with Crippen LogP contribution in [0.15, 0.2) is 24.3 Å². The molecule has 1 aliphatic heterocycles. The Morgan fingerprint density at radius 1 is 1.47 bits per heavy atom. The summed E-state index contributed by atoms with van der Waals surface area (Å²) in [5.74, 6) is -0.168. The first-order valence-corrected chi connectivity index (χ1v) is 6.26. The molecule has 0 bridgehead atoms. The average Bonchev–Trinajstić information content (AvgIpc) is 2.73. The molecule has 3 atom stereocenters. The third-order valence-corrected chi connectivity index (χ3v) is 3.43. The Kier molecular flexibility index (Phi) is 4.13. The van der Waals surface area contributed by atoms with Crippen LogP contribution in [-0.4, -0.2) is 25.3 Å². The first-order valence-electron chi connectivity index (χ1n) is 6.26. The van der Waals surface area contributed by atoms with E-state index in [9.17, 15) is 4.39 Å². The fraction of sp³-hybridized carbons (Fsp3) is 0.571. The Bertz CT molecular complexity index is 369. The smallest absolute Gasteiger partial charge is 0.123 e. The Balaban J connectivity index is 2.00. The van der Waals surface area contributed by atoms with E-state index in [2.05, 4.69) is 12.2 Å². The Morgan fingerprint density at radius 3 is 2.88 bits per heavy atom. The van der Waals surface area contributed by atoms with Crippen LogP contribution in [0, 0.1) is 5.82 Å². The maximum atomic E-state index is 13.1. The predicted molar refractivity (Wildman–Crippen MR) is 66.5 cm³/mol. The van der Waals surface area contributed by atoms with Gasteiger partial charge in [0.05, 0.1) is 12.2 Å². The molecule has 1 aromatic carbocycles. The fourth-order valence-electron chi connectivity index (χ4n) is 2.47. The Morgan fingerprint density at radius 2 is 2.29 bits per heavy atom. The molecule has 1 heterocycles. The van der Waals surface area contributed by atoms with E-state index in [4.69, 9.17) is 4.74 Å². The van der Waals surface area contributed by atoms with Crippen molar-refractivity contribution in [2.45, 2.75) is 44.4 Å². The van der Waals surface area contributed by atoms with Crippen molar-refractivity contribution in [1.82, 2.24) is 5.32 Å². The molecule has 0 radical (unpaired) electrons. The average molecular weight is 237 g/mol. The van der Waals surface area contributed by atoms with Gasteiger partial charge in [0.25, 0.3) is 0 Å². The summed E-state index contributed by atoms with van der Waals surface area (Å²) in [7, 11) is 1.94. The van der Waals surface area contributed by atoms with Crippen LogP contribution in [0.1, 0.15) is 25.3 Å². The van der Waals surface area contributed by atoms with Crippen LogP contribution in [0.2, 0.25) is 0 Å². The molecule has 0 aromatic heterocycles. The monoisotopic (exact) mass is 237 g/mol. The number of benzene rings is 1. The number of ether oxygens (including phenoxy) is 1. The first kappa shape index (κ1) is 12.5. The molecule has 0 aliphatic carbocycles. The van der Waals surface area contributed by atoms with Crippen molar-refractivity contribution in [1.29, 1.82) is 0 Å². The van der Waals surface area contributed by atoms with Gasteiger partial charge < -0.3 is 10.1 Å². The van der Waals surface area contributed by atoms with Crippen molar-refractivity contribution in [2.24, 2.45) is 0 Å². The molecule has 1 aromatic rings. The second-order valence-electron chi connectivity index (χ2n) is 4.79. The minimum atomic E-state index is -0.168. The second kappa shape index (κ2) is 5.61. The van der Waals surface area contributed by atoms with Gasteiger partial charge in [0, 0.05) is 6.04 Å². The summed E-state index contributed by atoms with van der Waals surface area (Å²) in [6.45, 7) is 2.11. The highest BCUT2D eigenvalue weighted by molar-refractivity contribution is 5.17. The molecule has 0 saturated carbocycles. The zero-order chi connectivity index (χ0) is 12.3. The van der Waals surface area contributed by atoms with Gasteiger partial charge >= 0.3 is 0 Å². The second-order valence-corrected chi connectivity index (χ2v) is 4.79. The zero-order valence-electron chi connectivity index (χ0n) is 10.4.